The van der Waals surface area contributed by atoms with Gasteiger partial charge in [-0.2, -0.15) is 5.10 Å². The minimum absolute atomic E-state index is 0.672. The number of hydrogen-bond donors (Lipinski definition) is 1. The lowest BCUT2D eigenvalue weighted by Gasteiger charge is -2.12. The smallest absolute Gasteiger partial charge is 0.0665 e. The predicted molar refractivity (Wildman–Crippen MR) is 83.8 cm³/mol. The van der Waals surface area contributed by atoms with E-state index < -0.39 is 0 Å². The van der Waals surface area contributed by atoms with Crippen molar-refractivity contribution in [2.45, 2.75) is 40.8 Å². The fourth-order valence-electron chi connectivity index (χ4n) is 2.27. The fraction of sp³-hybridized carbons (Fsp3) is 0.471. The lowest BCUT2D eigenvalue weighted by Crippen LogP contribution is -2.21. The van der Waals surface area contributed by atoms with Crippen LogP contribution in [0.4, 0.5) is 0 Å². The standard InChI is InChI=1S/C17H25N3/c1-13(2)10-18-11-17-7-8-19-20(17)12-16-9-14(3)5-6-15(16)4/h5-9,13,18H,10-12H2,1-4H3. The molecule has 3 heteroatoms. The molecule has 0 saturated heterocycles. The van der Waals surface area contributed by atoms with Gasteiger partial charge in [0.25, 0.3) is 0 Å². The quantitative estimate of drug-likeness (QED) is 0.873. The Labute approximate surface area is 122 Å². The van der Waals surface area contributed by atoms with E-state index in [1.54, 1.807) is 0 Å². The third kappa shape index (κ3) is 3.94. The van der Waals surface area contributed by atoms with Crippen LogP contribution in [-0.2, 0) is 13.1 Å². The van der Waals surface area contributed by atoms with Gasteiger partial charge >= 0.3 is 0 Å². The zero-order valence-electron chi connectivity index (χ0n) is 13.0. The second-order valence-electron chi connectivity index (χ2n) is 5.93. The highest BCUT2D eigenvalue weighted by Gasteiger charge is 2.06. The Morgan fingerprint density at radius 2 is 2.00 bits per heavy atom. The first-order valence-electron chi connectivity index (χ1n) is 7.34. The highest BCUT2D eigenvalue weighted by Crippen LogP contribution is 2.13. The molecule has 108 valence electrons. The number of aryl methyl sites for hydroxylation is 2. The van der Waals surface area contributed by atoms with Gasteiger partial charge in [-0.05, 0) is 43.5 Å². The minimum Gasteiger partial charge on any atom is -0.311 e. The summed E-state index contributed by atoms with van der Waals surface area (Å²) in [4.78, 5) is 0. The molecule has 0 amide bonds. The Kier molecular flexibility index (Phi) is 4.96. The summed E-state index contributed by atoms with van der Waals surface area (Å²) in [5.74, 6) is 0.672. The van der Waals surface area contributed by atoms with Crippen molar-refractivity contribution in [3.63, 3.8) is 0 Å². The van der Waals surface area contributed by atoms with Crippen molar-refractivity contribution < 1.29 is 0 Å². The van der Waals surface area contributed by atoms with Gasteiger partial charge in [0.2, 0.25) is 0 Å². The van der Waals surface area contributed by atoms with Crippen molar-refractivity contribution in [2.75, 3.05) is 6.54 Å². The van der Waals surface area contributed by atoms with Crippen LogP contribution in [0.1, 0.15) is 36.2 Å². The summed E-state index contributed by atoms with van der Waals surface area (Å²) >= 11 is 0. The molecule has 0 saturated carbocycles. The lowest BCUT2D eigenvalue weighted by molar-refractivity contribution is 0.529. The number of hydrogen-bond acceptors (Lipinski definition) is 2. The van der Waals surface area contributed by atoms with Gasteiger partial charge < -0.3 is 5.32 Å². The first kappa shape index (κ1) is 14.8. The van der Waals surface area contributed by atoms with Crippen molar-refractivity contribution in [2.24, 2.45) is 5.92 Å². The first-order valence-corrected chi connectivity index (χ1v) is 7.34. The van der Waals surface area contributed by atoms with Crippen molar-refractivity contribution >= 4 is 0 Å². The molecule has 1 heterocycles. The van der Waals surface area contributed by atoms with Gasteiger partial charge in [-0.25, -0.2) is 0 Å². The molecule has 2 aromatic rings. The molecule has 20 heavy (non-hydrogen) atoms. The zero-order valence-corrected chi connectivity index (χ0v) is 13.0. The highest BCUT2D eigenvalue weighted by molar-refractivity contribution is 5.30. The number of benzene rings is 1. The topological polar surface area (TPSA) is 29.9 Å². The fourth-order valence-corrected chi connectivity index (χ4v) is 2.27. The van der Waals surface area contributed by atoms with Crippen LogP contribution in [0.25, 0.3) is 0 Å². The Balaban J connectivity index is 2.06. The molecule has 1 aromatic carbocycles. The van der Waals surface area contributed by atoms with Crippen LogP contribution in [0, 0.1) is 19.8 Å². The molecule has 0 aliphatic rings. The van der Waals surface area contributed by atoms with Gasteiger partial charge in [-0.3, -0.25) is 4.68 Å². The second kappa shape index (κ2) is 6.71. The van der Waals surface area contributed by atoms with Gasteiger partial charge in [0, 0.05) is 12.7 Å². The summed E-state index contributed by atoms with van der Waals surface area (Å²) in [6, 6.07) is 8.69. The van der Waals surface area contributed by atoms with Crippen LogP contribution in [0.15, 0.2) is 30.5 Å². The summed E-state index contributed by atoms with van der Waals surface area (Å²) in [5.41, 5.74) is 5.22. The maximum absolute atomic E-state index is 4.46. The zero-order chi connectivity index (χ0) is 14.5. The molecule has 3 nitrogen and oxygen atoms in total. The van der Waals surface area contributed by atoms with E-state index in [2.05, 4.69) is 67.1 Å². The SMILES string of the molecule is Cc1ccc(C)c(Cn2nccc2CNCC(C)C)c1. The summed E-state index contributed by atoms with van der Waals surface area (Å²) < 4.78 is 2.09. The first-order chi connectivity index (χ1) is 9.56. The van der Waals surface area contributed by atoms with Crippen molar-refractivity contribution in [3.05, 3.63) is 52.8 Å². The van der Waals surface area contributed by atoms with E-state index >= 15 is 0 Å². The maximum Gasteiger partial charge on any atom is 0.0665 e. The average molecular weight is 271 g/mol. The molecule has 0 bridgehead atoms. The Hall–Kier alpha value is -1.61. The maximum atomic E-state index is 4.46. The average Bonchev–Trinajstić information content (AvgIpc) is 2.81. The molecule has 1 N–H and O–H groups in total. The van der Waals surface area contributed by atoms with Crippen LogP contribution in [-0.4, -0.2) is 16.3 Å². The Morgan fingerprint density at radius 1 is 1.20 bits per heavy atom. The Morgan fingerprint density at radius 3 is 2.75 bits per heavy atom. The van der Waals surface area contributed by atoms with Crippen molar-refractivity contribution in [1.29, 1.82) is 0 Å². The van der Waals surface area contributed by atoms with Gasteiger partial charge in [0.05, 0.1) is 12.2 Å². The molecule has 0 spiro atoms. The van der Waals surface area contributed by atoms with Gasteiger partial charge in [0.1, 0.15) is 0 Å². The Bertz CT molecular complexity index is 555. The molecule has 2 rings (SSSR count). The van der Waals surface area contributed by atoms with E-state index in [1.165, 1.54) is 22.4 Å². The second-order valence-corrected chi connectivity index (χ2v) is 5.93. The summed E-state index contributed by atoms with van der Waals surface area (Å²) in [5, 5.41) is 7.94. The van der Waals surface area contributed by atoms with E-state index in [0.717, 1.165) is 19.6 Å². The normalized spacial score (nSPS) is 11.2. The number of nitrogens with one attached hydrogen (secondary N) is 1. The molecule has 0 aliphatic carbocycles. The molecule has 0 fully saturated rings. The van der Waals surface area contributed by atoms with Crippen molar-refractivity contribution in [3.8, 4) is 0 Å². The number of aromatic nitrogens is 2. The largest absolute Gasteiger partial charge is 0.311 e. The van der Waals surface area contributed by atoms with Crippen LogP contribution >= 0.6 is 0 Å². The van der Waals surface area contributed by atoms with E-state index in [1.807, 2.05) is 6.20 Å². The van der Waals surface area contributed by atoms with Crippen LogP contribution in [0.2, 0.25) is 0 Å². The highest BCUT2D eigenvalue weighted by atomic mass is 15.3. The predicted octanol–water partition coefficient (Wildman–Crippen LogP) is 3.29. The van der Waals surface area contributed by atoms with E-state index in [0.29, 0.717) is 5.92 Å². The third-order valence-corrected chi connectivity index (χ3v) is 3.49. The summed E-state index contributed by atoms with van der Waals surface area (Å²) in [6.45, 7) is 11.5. The molecule has 0 aliphatic heterocycles. The van der Waals surface area contributed by atoms with E-state index in [-0.39, 0.29) is 0 Å². The van der Waals surface area contributed by atoms with Crippen LogP contribution in [0.5, 0.6) is 0 Å². The molecule has 0 atom stereocenters. The minimum atomic E-state index is 0.672. The van der Waals surface area contributed by atoms with Crippen LogP contribution in [0.3, 0.4) is 0 Å². The van der Waals surface area contributed by atoms with E-state index in [9.17, 15) is 0 Å². The summed E-state index contributed by atoms with van der Waals surface area (Å²) in [7, 11) is 0. The molecular weight excluding hydrogens is 246 g/mol. The molecule has 0 radical (unpaired) electrons. The molecule has 0 unspecified atom stereocenters. The monoisotopic (exact) mass is 271 g/mol. The van der Waals surface area contributed by atoms with Crippen molar-refractivity contribution in [1.82, 2.24) is 15.1 Å². The van der Waals surface area contributed by atoms with Crippen LogP contribution < -0.4 is 5.32 Å². The summed E-state index contributed by atoms with van der Waals surface area (Å²) in [6.07, 6.45) is 1.89. The van der Waals surface area contributed by atoms with Gasteiger partial charge in [-0.15, -0.1) is 0 Å². The number of rotatable bonds is 6. The third-order valence-electron chi connectivity index (χ3n) is 3.49. The van der Waals surface area contributed by atoms with E-state index in [4.69, 9.17) is 0 Å². The van der Waals surface area contributed by atoms with Gasteiger partial charge in [-0.1, -0.05) is 37.6 Å². The lowest BCUT2D eigenvalue weighted by atomic mass is 10.1. The molecule has 1 aromatic heterocycles. The number of nitrogens with zero attached hydrogens (tertiary/aromatic N) is 2. The van der Waals surface area contributed by atoms with Gasteiger partial charge in [0.15, 0.2) is 0 Å². The molecular formula is C17H25N3.